The molecule has 2 aromatic carbocycles. The topological polar surface area (TPSA) is 32.3 Å². The minimum absolute atomic E-state index is 0.328. The molecule has 1 heterocycles. The molecule has 1 aliphatic heterocycles. The highest BCUT2D eigenvalue weighted by molar-refractivity contribution is 5.76. The number of benzene rings is 2. The van der Waals surface area contributed by atoms with Crippen LogP contribution in [0.25, 0.3) is 0 Å². The largest absolute Gasteiger partial charge is 0.343 e. The maximum Gasteiger partial charge on any atom is 0.222 e. The van der Waals surface area contributed by atoms with E-state index >= 15 is 0 Å². The number of piperidine rings is 1. The molecule has 1 fully saturated rings. The van der Waals surface area contributed by atoms with Crippen LogP contribution in [0, 0.1) is 11.8 Å². The van der Waals surface area contributed by atoms with E-state index in [9.17, 15) is 4.79 Å². The maximum atomic E-state index is 13.0. The Morgan fingerprint density at radius 2 is 1.48 bits per heavy atom. The van der Waals surface area contributed by atoms with E-state index in [1.54, 1.807) is 0 Å². The summed E-state index contributed by atoms with van der Waals surface area (Å²) in [4.78, 5) is 15.1. The van der Waals surface area contributed by atoms with E-state index in [0.717, 1.165) is 45.3 Å². The van der Waals surface area contributed by atoms with Gasteiger partial charge in [0.05, 0.1) is 0 Å². The number of hydrogen-bond acceptors (Lipinski definition) is 2. The number of rotatable bonds is 8. The van der Waals surface area contributed by atoms with Crippen molar-refractivity contribution in [2.45, 2.75) is 32.1 Å². The van der Waals surface area contributed by atoms with E-state index in [1.807, 2.05) is 7.05 Å². The van der Waals surface area contributed by atoms with Crippen LogP contribution >= 0.6 is 0 Å². The zero-order valence-corrected chi connectivity index (χ0v) is 16.4. The van der Waals surface area contributed by atoms with Crippen LogP contribution in [-0.2, 0) is 17.6 Å². The average molecular weight is 365 g/mol. The quantitative estimate of drug-likeness (QED) is 0.769. The molecule has 0 radical (unpaired) electrons. The first kappa shape index (κ1) is 19.6. The van der Waals surface area contributed by atoms with Gasteiger partial charge in [0.15, 0.2) is 0 Å². The van der Waals surface area contributed by atoms with Crippen LogP contribution < -0.4 is 5.32 Å². The van der Waals surface area contributed by atoms with Crippen molar-refractivity contribution in [1.82, 2.24) is 10.2 Å². The summed E-state index contributed by atoms with van der Waals surface area (Å²) in [7, 11) is 2.01. The summed E-state index contributed by atoms with van der Waals surface area (Å²) in [5.74, 6) is 1.38. The molecule has 0 unspecified atom stereocenters. The molecular weight excluding hydrogens is 332 g/mol. The first-order chi connectivity index (χ1) is 13.2. The van der Waals surface area contributed by atoms with Gasteiger partial charge in [0.1, 0.15) is 0 Å². The maximum absolute atomic E-state index is 13.0. The molecule has 1 N–H and O–H groups in total. The molecule has 3 heteroatoms. The fourth-order valence-corrected chi connectivity index (χ4v) is 4.16. The van der Waals surface area contributed by atoms with Crippen molar-refractivity contribution in [3.8, 4) is 0 Å². The van der Waals surface area contributed by atoms with E-state index in [-0.39, 0.29) is 0 Å². The van der Waals surface area contributed by atoms with Crippen molar-refractivity contribution >= 4 is 5.91 Å². The van der Waals surface area contributed by atoms with Crippen LogP contribution in [0.15, 0.2) is 60.7 Å². The highest BCUT2D eigenvalue weighted by Gasteiger charge is 2.24. The third-order valence-corrected chi connectivity index (χ3v) is 5.66. The molecule has 0 spiro atoms. The summed E-state index contributed by atoms with van der Waals surface area (Å²) in [6, 6.07) is 21.1. The second-order valence-electron chi connectivity index (χ2n) is 7.83. The molecule has 0 atom stereocenters. The molecule has 0 aliphatic carbocycles. The zero-order chi connectivity index (χ0) is 18.9. The highest BCUT2D eigenvalue weighted by Crippen LogP contribution is 2.22. The lowest BCUT2D eigenvalue weighted by molar-refractivity contribution is -0.133. The van der Waals surface area contributed by atoms with Gasteiger partial charge >= 0.3 is 0 Å². The Morgan fingerprint density at radius 3 is 1.96 bits per heavy atom. The van der Waals surface area contributed by atoms with Crippen molar-refractivity contribution in [3.63, 3.8) is 0 Å². The summed E-state index contributed by atoms with van der Waals surface area (Å²) in [5, 5.41) is 3.26. The molecule has 27 heavy (non-hydrogen) atoms. The van der Waals surface area contributed by atoms with Gasteiger partial charge < -0.3 is 10.2 Å². The number of nitrogens with one attached hydrogen (secondary N) is 1. The van der Waals surface area contributed by atoms with Gasteiger partial charge in [-0.05, 0) is 62.2 Å². The van der Waals surface area contributed by atoms with Gasteiger partial charge in [0, 0.05) is 19.5 Å². The van der Waals surface area contributed by atoms with Gasteiger partial charge in [-0.3, -0.25) is 4.79 Å². The van der Waals surface area contributed by atoms with E-state index in [1.165, 1.54) is 11.1 Å². The Hall–Kier alpha value is -2.13. The van der Waals surface area contributed by atoms with Gasteiger partial charge in [0.25, 0.3) is 0 Å². The van der Waals surface area contributed by atoms with E-state index in [0.29, 0.717) is 24.2 Å². The van der Waals surface area contributed by atoms with Crippen LogP contribution in [-0.4, -0.2) is 37.5 Å². The summed E-state index contributed by atoms with van der Waals surface area (Å²) in [6.07, 6.45) is 4.79. The minimum atomic E-state index is 0.328. The first-order valence-corrected chi connectivity index (χ1v) is 10.2. The Morgan fingerprint density at radius 1 is 0.963 bits per heavy atom. The Balaban J connectivity index is 1.61. The van der Waals surface area contributed by atoms with Crippen molar-refractivity contribution < 1.29 is 4.79 Å². The van der Waals surface area contributed by atoms with Crippen molar-refractivity contribution in [2.75, 3.05) is 26.7 Å². The van der Waals surface area contributed by atoms with E-state index in [4.69, 9.17) is 0 Å². The van der Waals surface area contributed by atoms with Crippen LogP contribution in [0.4, 0.5) is 0 Å². The summed E-state index contributed by atoms with van der Waals surface area (Å²) in [5.41, 5.74) is 2.64. The fraction of sp³-hybridized carbons (Fsp3) is 0.458. The van der Waals surface area contributed by atoms with Gasteiger partial charge in [0.2, 0.25) is 5.91 Å². The predicted molar refractivity (Wildman–Crippen MR) is 112 cm³/mol. The molecule has 3 nitrogen and oxygen atoms in total. The van der Waals surface area contributed by atoms with Crippen LogP contribution in [0.3, 0.4) is 0 Å². The van der Waals surface area contributed by atoms with Crippen molar-refractivity contribution in [2.24, 2.45) is 11.8 Å². The number of carbonyl (C=O) groups excluding carboxylic acids is 1. The summed E-state index contributed by atoms with van der Waals surface area (Å²) < 4.78 is 0. The lowest BCUT2D eigenvalue weighted by Gasteiger charge is -2.33. The number of nitrogens with zero attached hydrogens (tertiary/aromatic N) is 1. The predicted octanol–water partition coefficient (Wildman–Crippen LogP) is 3.94. The minimum Gasteiger partial charge on any atom is -0.343 e. The Bertz CT molecular complexity index is 637. The molecule has 144 valence electrons. The fourth-order valence-electron chi connectivity index (χ4n) is 4.16. The monoisotopic (exact) mass is 364 g/mol. The zero-order valence-electron chi connectivity index (χ0n) is 16.4. The van der Waals surface area contributed by atoms with E-state index in [2.05, 4.69) is 70.9 Å². The van der Waals surface area contributed by atoms with Gasteiger partial charge in [-0.25, -0.2) is 0 Å². The number of carbonyl (C=O) groups is 1. The van der Waals surface area contributed by atoms with Crippen molar-refractivity contribution in [1.29, 1.82) is 0 Å². The molecule has 2 aromatic rings. The van der Waals surface area contributed by atoms with Crippen LogP contribution in [0.5, 0.6) is 0 Å². The summed E-state index contributed by atoms with van der Waals surface area (Å²) >= 11 is 0. The number of hydrogen-bond donors (Lipinski definition) is 1. The molecule has 0 bridgehead atoms. The highest BCUT2D eigenvalue weighted by atomic mass is 16.2. The molecular formula is C24H32N2O. The van der Waals surface area contributed by atoms with Gasteiger partial charge in [-0.15, -0.1) is 0 Å². The van der Waals surface area contributed by atoms with Crippen molar-refractivity contribution in [3.05, 3.63) is 71.8 Å². The Labute approximate surface area is 163 Å². The van der Waals surface area contributed by atoms with Crippen LogP contribution in [0.2, 0.25) is 0 Å². The molecule has 1 saturated heterocycles. The third kappa shape index (κ3) is 6.21. The van der Waals surface area contributed by atoms with Gasteiger partial charge in [-0.1, -0.05) is 60.7 Å². The standard InChI is InChI=1S/C24H32N2O/c1-25-19-22-12-14-26(15-13-22)24(27)18-23(16-20-8-4-2-5-9-20)17-21-10-6-3-7-11-21/h2-11,22-23,25H,12-19H2,1H3. The smallest absolute Gasteiger partial charge is 0.222 e. The third-order valence-electron chi connectivity index (χ3n) is 5.66. The second kappa shape index (κ2) is 10.3. The Kier molecular flexibility index (Phi) is 7.46. The molecule has 1 aliphatic rings. The second-order valence-corrected chi connectivity index (χ2v) is 7.83. The molecule has 0 aromatic heterocycles. The first-order valence-electron chi connectivity index (χ1n) is 10.2. The normalized spacial score (nSPS) is 15.3. The summed E-state index contributed by atoms with van der Waals surface area (Å²) in [6.45, 7) is 2.88. The SMILES string of the molecule is CNCC1CCN(C(=O)CC(Cc2ccccc2)Cc2ccccc2)CC1. The number of likely N-dealkylation sites (tertiary alicyclic amines) is 1. The molecule has 1 amide bonds. The van der Waals surface area contributed by atoms with Gasteiger partial charge in [-0.2, -0.15) is 0 Å². The number of amides is 1. The molecule has 0 saturated carbocycles. The van der Waals surface area contributed by atoms with E-state index < -0.39 is 0 Å². The lowest BCUT2D eigenvalue weighted by Crippen LogP contribution is -2.41. The average Bonchev–Trinajstić information content (AvgIpc) is 2.70. The lowest BCUT2D eigenvalue weighted by atomic mass is 9.89. The molecule has 3 rings (SSSR count). The van der Waals surface area contributed by atoms with Crippen LogP contribution in [0.1, 0.15) is 30.4 Å².